The molecule has 2 aromatic rings. The van der Waals surface area contributed by atoms with Gasteiger partial charge < -0.3 is 15.0 Å². The number of ketones is 1. The lowest BCUT2D eigenvalue weighted by molar-refractivity contribution is -0.119. The van der Waals surface area contributed by atoms with Crippen LogP contribution in [0.3, 0.4) is 0 Å². The summed E-state index contributed by atoms with van der Waals surface area (Å²) in [6.07, 6.45) is 1.43. The fourth-order valence-corrected chi connectivity index (χ4v) is 2.06. The molecule has 6 heteroatoms. The number of carbonyl (C=O) groups excluding carboxylic acids is 3. The number of esters is 1. The lowest BCUT2D eigenvalue weighted by Crippen LogP contribution is -2.21. The molecule has 0 saturated heterocycles. The number of anilines is 1. The van der Waals surface area contributed by atoms with E-state index < -0.39 is 18.5 Å². The van der Waals surface area contributed by atoms with Gasteiger partial charge >= 0.3 is 5.97 Å². The molecule has 1 aromatic carbocycles. The molecule has 0 aliphatic rings. The van der Waals surface area contributed by atoms with Crippen molar-refractivity contribution in [3.63, 3.8) is 0 Å². The fraction of sp³-hybridized carbons (Fsp3) is 0.235. The number of benzene rings is 1. The first-order chi connectivity index (χ1) is 10.9. The van der Waals surface area contributed by atoms with Gasteiger partial charge in [0, 0.05) is 17.4 Å². The molecule has 0 saturated carbocycles. The number of aromatic nitrogens is 1. The molecule has 6 nitrogen and oxygen atoms in total. The van der Waals surface area contributed by atoms with E-state index in [9.17, 15) is 14.4 Å². The molecule has 0 fully saturated rings. The Morgan fingerprint density at radius 2 is 1.91 bits per heavy atom. The molecule has 0 bridgehead atoms. The van der Waals surface area contributed by atoms with Crippen LogP contribution in [0, 0.1) is 13.8 Å². The molecule has 1 amide bonds. The lowest BCUT2D eigenvalue weighted by atomic mass is 10.1. The summed E-state index contributed by atoms with van der Waals surface area (Å²) in [6.45, 7) is 4.85. The maximum absolute atomic E-state index is 11.8. The summed E-state index contributed by atoms with van der Waals surface area (Å²) in [5.74, 6) is -1.27. The topological polar surface area (TPSA) is 88.3 Å². The molecular weight excluding hydrogens is 296 g/mol. The molecule has 0 spiro atoms. The van der Waals surface area contributed by atoms with Gasteiger partial charge in [-0.2, -0.15) is 0 Å². The van der Waals surface area contributed by atoms with Gasteiger partial charge in [-0.1, -0.05) is 17.7 Å². The van der Waals surface area contributed by atoms with Crippen LogP contribution >= 0.6 is 0 Å². The van der Waals surface area contributed by atoms with Crippen molar-refractivity contribution in [2.45, 2.75) is 20.8 Å². The normalized spacial score (nSPS) is 10.2. The van der Waals surface area contributed by atoms with Gasteiger partial charge in [0.05, 0.1) is 0 Å². The minimum Gasteiger partial charge on any atom is -0.451 e. The number of nitrogens with one attached hydrogen (secondary N) is 2. The lowest BCUT2D eigenvalue weighted by Gasteiger charge is -2.09. The molecular formula is C17H18N2O4. The van der Waals surface area contributed by atoms with Gasteiger partial charge in [0.15, 0.2) is 12.4 Å². The van der Waals surface area contributed by atoms with E-state index in [2.05, 4.69) is 10.3 Å². The highest BCUT2D eigenvalue weighted by molar-refractivity contribution is 5.98. The van der Waals surface area contributed by atoms with Crippen LogP contribution in [0.25, 0.3) is 0 Å². The van der Waals surface area contributed by atoms with E-state index in [0.717, 1.165) is 11.1 Å². The van der Waals surface area contributed by atoms with Crippen molar-refractivity contribution < 1.29 is 19.1 Å². The number of aromatic amines is 1. The van der Waals surface area contributed by atoms with Crippen molar-refractivity contribution in [3.8, 4) is 0 Å². The highest BCUT2D eigenvalue weighted by Gasteiger charge is 2.14. The van der Waals surface area contributed by atoms with Crippen LogP contribution < -0.4 is 5.32 Å². The third kappa shape index (κ3) is 4.29. The summed E-state index contributed by atoms with van der Waals surface area (Å²) in [6, 6.07) is 7.03. The van der Waals surface area contributed by atoms with Gasteiger partial charge in [-0.25, -0.2) is 4.79 Å². The van der Waals surface area contributed by atoms with E-state index in [4.69, 9.17) is 4.74 Å². The van der Waals surface area contributed by atoms with Crippen LogP contribution in [0.5, 0.6) is 0 Å². The van der Waals surface area contributed by atoms with Crippen LogP contribution in [0.15, 0.2) is 30.5 Å². The second-order valence-corrected chi connectivity index (χ2v) is 5.30. The molecule has 1 aromatic heterocycles. The van der Waals surface area contributed by atoms with Crippen LogP contribution in [0.1, 0.15) is 38.9 Å². The Morgan fingerprint density at radius 1 is 1.17 bits per heavy atom. The zero-order chi connectivity index (χ0) is 17.0. The number of aryl methyl sites for hydroxylation is 2. The van der Waals surface area contributed by atoms with Gasteiger partial charge in [-0.3, -0.25) is 9.59 Å². The number of carbonyl (C=O) groups is 3. The summed E-state index contributed by atoms with van der Waals surface area (Å²) in [5.41, 5.74) is 3.22. The molecule has 0 radical (unpaired) electrons. The maximum atomic E-state index is 11.8. The van der Waals surface area contributed by atoms with Crippen molar-refractivity contribution >= 4 is 23.3 Å². The first kappa shape index (κ1) is 16.5. The van der Waals surface area contributed by atoms with Gasteiger partial charge in [0.2, 0.25) is 0 Å². The largest absolute Gasteiger partial charge is 0.451 e. The van der Waals surface area contributed by atoms with Crippen molar-refractivity contribution in [2.24, 2.45) is 0 Å². The maximum Gasteiger partial charge on any atom is 0.355 e. The van der Waals surface area contributed by atoms with E-state index in [-0.39, 0.29) is 11.5 Å². The molecule has 0 unspecified atom stereocenters. The Morgan fingerprint density at radius 3 is 2.52 bits per heavy atom. The van der Waals surface area contributed by atoms with E-state index in [1.54, 1.807) is 6.07 Å². The monoisotopic (exact) mass is 314 g/mol. The number of rotatable bonds is 5. The average Bonchev–Trinajstić information content (AvgIpc) is 2.98. The van der Waals surface area contributed by atoms with Crippen molar-refractivity contribution in [2.75, 3.05) is 11.9 Å². The number of Topliss-reactive ketones (excluding diaryl/α,β-unsaturated/α-hetero) is 1. The second kappa shape index (κ2) is 6.91. The van der Waals surface area contributed by atoms with Gasteiger partial charge in [-0.05, 0) is 38.5 Å². The standard InChI is InChI=1S/C17H18N2O4/c1-10-4-5-14(11(2)6-10)19-16(21)9-23-17(22)15-7-13(8-18-15)12(3)20/h4-8,18H,9H2,1-3H3,(H,19,21). The number of hydrogen-bond donors (Lipinski definition) is 2. The number of amides is 1. The zero-order valence-corrected chi connectivity index (χ0v) is 13.2. The SMILES string of the molecule is CC(=O)c1c[nH]c(C(=O)OCC(=O)Nc2ccc(C)cc2C)c1. The average molecular weight is 314 g/mol. The Bertz CT molecular complexity index is 762. The molecule has 2 N–H and O–H groups in total. The summed E-state index contributed by atoms with van der Waals surface area (Å²) in [7, 11) is 0. The Hall–Kier alpha value is -2.89. The van der Waals surface area contributed by atoms with E-state index in [0.29, 0.717) is 11.3 Å². The smallest absolute Gasteiger partial charge is 0.355 e. The summed E-state index contributed by atoms with van der Waals surface area (Å²) in [5, 5.41) is 2.69. The van der Waals surface area contributed by atoms with Crippen molar-refractivity contribution in [1.82, 2.24) is 4.98 Å². The van der Waals surface area contributed by atoms with Crippen LogP contribution in [0.4, 0.5) is 5.69 Å². The van der Waals surface area contributed by atoms with E-state index in [1.165, 1.54) is 19.2 Å². The fourth-order valence-electron chi connectivity index (χ4n) is 2.06. The highest BCUT2D eigenvalue weighted by Crippen LogP contribution is 2.15. The number of hydrogen-bond acceptors (Lipinski definition) is 4. The molecule has 0 aliphatic heterocycles. The minimum atomic E-state index is -0.687. The second-order valence-electron chi connectivity index (χ2n) is 5.30. The molecule has 2 rings (SSSR count). The summed E-state index contributed by atoms with van der Waals surface area (Å²) < 4.78 is 4.93. The van der Waals surface area contributed by atoms with E-state index in [1.807, 2.05) is 26.0 Å². The molecule has 120 valence electrons. The van der Waals surface area contributed by atoms with Crippen LogP contribution in [-0.2, 0) is 9.53 Å². The minimum absolute atomic E-state index is 0.134. The Kier molecular flexibility index (Phi) is 4.95. The predicted octanol–water partition coefficient (Wildman–Crippen LogP) is 2.63. The number of ether oxygens (including phenoxy) is 1. The van der Waals surface area contributed by atoms with Crippen LogP contribution in [0.2, 0.25) is 0 Å². The van der Waals surface area contributed by atoms with Crippen molar-refractivity contribution in [1.29, 1.82) is 0 Å². The summed E-state index contributed by atoms with van der Waals surface area (Å²) >= 11 is 0. The van der Waals surface area contributed by atoms with Crippen LogP contribution in [-0.4, -0.2) is 29.3 Å². The first-order valence-electron chi connectivity index (χ1n) is 7.10. The third-order valence-electron chi connectivity index (χ3n) is 3.30. The van der Waals surface area contributed by atoms with E-state index >= 15 is 0 Å². The van der Waals surface area contributed by atoms with Gasteiger partial charge in [0.1, 0.15) is 5.69 Å². The molecule has 0 aliphatic carbocycles. The summed E-state index contributed by atoms with van der Waals surface area (Å²) in [4.78, 5) is 37.5. The highest BCUT2D eigenvalue weighted by atomic mass is 16.5. The van der Waals surface area contributed by atoms with Crippen molar-refractivity contribution in [3.05, 3.63) is 52.8 Å². The third-order valence-corrected chi connectivity index (χ3v) is 3.30. The number of H-pyrrole nitrogens is 1. The van der Waals surface area contributed by atoms with Gasteiger partial charge in [-0.15, -0.1) is 0 Å². The molecule has 0 atom stereocenters. The first-order valence-corrected chi connectivity index (χ1v) is 7.10. The zero-order valence-electron chi connectivity index (χ0n) is 13.2. The molecule has 1 heterocycles. The van der Waals surface area contributed by atoms with Gasteiger partial charge in [0.25, 0.3) is 5.91 Å². The Labute approximate surface area is 133 Å². The quantitative estimate of drug-likeness (QED) is 0.656. The Balaban J connectivity index is 1.90. The predicted molar refractivity (Wildman–Crippen MR) is 85.6 cm³/mol. The molecule has 23 heavy (non-hydrogen) atoms.